The molecule has 2 aromatic carbocycles. The molecule has 2 N–H and O–H groups in total. The zero-order chi connectivity index (χ0) is 20.1. The van der Waals surface area contributed by atoms with Crippen LogP contribution in [0, 0.1) is 0 Å². The van der Waals surface area contributed by atoms with E-state index in [9.17, 15) is 9.59 Å². The summed E-state index contributed by atoms with van der Waals surface area (Å²) in [7, 11) is 1.67. The molecule has 6 nitrogen and oxygen atoms in total. The number of carbonyl (C=O) groups excluding carboxylic acids is 2. The van der Waals surface area contributed by atoms with Crippen LogP contribution in [0.15, 0.2) is 42.5 Å². The first kappa shape index (κ1) is 20.5. The first-order chi connectivity index (χ1) is 13.4. The maximum Gasteiger partial charge on any atom is 0.321 e. The molecule has 3 rings (SSSR count). The SMILES string of the molecule is CN(Cc1cccc(Cl)c1Cl)C(=O)Nc1ccc(NC(=O)[C@@H]2CCCO2)cc1. The van der Waals surface area contributed by atoms with Gasteiger partial charge in [0, 0.05) is 31.6 Å². The molecule has 0 aromatic heterocycles. The van der Waals surface area contributed by atoms with Gasteiger partial charge in [-0.25, -0.2) is 4.79 Å². The van der Waals surface area contributed by atoms with Crippen molar-refractivity contribution in [1.29, 1.82) is 0 Å². The fourth-order valence-corrected chi connectivity index (χ4v) is 3.24. The predicted octanol–water partition coefficient (Wildman–Crippen LogP) is 4.77. The number of nitrogens with zero attached hydrogens (tertiary/aromatic N) is 1. The van der Waals surface area contributed by atoms with Gasteiger partial charge in [-0.15, -0.1) is 0 Å². The number of carbonyl (C=O) groups is 2. The number of hydrogen-bond donors (Lipinski definition) is 2. The summed E-state index contributed by atoms with van der Waals surface area (Å²) in [5.41, 5.74) is 2.03. The molecule has 2 aromatic rings. The van der Waals surface area contributed by atoms with Gasteiger partial charge >= 0.3 is 6.03 Å². The van der Waals surface area contributed by atoms with Crippen LogP contribution in [0.2, 0.25) is 10.0 Å². The summed E-state index contributed by atoms with van der Waals surface area (Å²) in [5, 5.41) is 6.51. The second-order valence-electron chi connectivity index (χ2n) is 6.57. The highest BCUT2D eigenvalue weighted by molar-refractivity contribution is 6.42. The van der Waals surface area contributed by atoms with E-state index in [0.717, 1.165) is 18.4 Å². The number of ether oxygens (including phenoxy) is 1. The highest BCUT2D eigenvalue weighted by Gasteiger charge is 2.23. The van der Waals surface area contributed by atoms with Gasteiger partial charge in [-0.1, -0.05) is 35.3 Å². The molecule has 148 valence electrons. The summed E-state index contributed by atoms with van der Waals surface area (Å²) in [5.74, 6) is -0.146. The van der Waals surface area contributed by atoms with Gasteiger partial charge in [0.25, 0.3) is 5.91 Å². The molecule has 1 aliphatic heterocycles. The van der Waals surface area contributed by atoms with E-state index >= 15 is 0 Å². The van der Waals surface area contributed by atoms with Crippen LogP contribution in [0.25, 0.3) is 0 Å². The Morgan fingerprint density at radius 1 is 1.11 bits per heavy atom. The Hall–Kier alpha value is -2.28. The van der Waals surface area contributed by atoms with E-state index in [1.54, 1.807) is 43.4 Å². The van der Waals surface area contributed by atoms with Gasteiger partial charge in [0.1, 0.15) is 6.10 Å². The normalized spacial score (nSPS) is 15.9. The molecule has 1 atom stereocenters. The third kappa shape index (κ3) is 5.16. The number of rotatable bonds is 5. The Kier molecular flexibility index (Phi) is 6.78. The van der Waals surface area contributed by atoms with Gasteiger partial charge in [-0.3, -0.25) is 4.79 Å². The van der Waals surface area contributed by atoms with E-state index < -0.39 is 0 Å². The molecule has 1 fully saturated rings. The van der Waals surface area contributed by atoms with Crippen molar-refractivity contribution < 1.29 is 14.3 Å². The molecule has 1 aliphatic rings. The van der Waals surface area contributed by atoms with Crippen molar-refractivity contribution in [2.45, 2.75) is 25.5 Å². The summed E-state index contributed by atoms with van der Waals surface area (Å²) >= 11 is 12.2. The third-order valence-corrected chi connectivity index (χ3v) is 5.27. The van der Waals surface area contributed by atoms with E-state index in [1.165, 1.54) is 4.90 Å². The molecular weight excluding hydrogens is 401 g/mol. The van der Waals surface area contributed by atoms with Crippen molar-refractivity contribution in [2.75, 3.05) is 24.3 Å². The van der Waals surface area contributed by atoms with Crippen molar-refractivity contribution in [2.24, 2.45) is 0 Å². The van der Waals surface area contributed by atoms with Gasteiger partial charge in [-0.05, 0) is 48.7 Å². The second-order valence-corrected chi connectivity index (χ2v) is 7.35. The van der Waals surface area contributed by atoms with E-state index in [1.807, 2.05) is 6.07 Å². The first-order valence-electron chi connectivity index (χ1n) is 8.91. The van der Waals surface area contributed by atoms with Gasteiger partial charge < -0.3 is 20.3 Å². The number of hydrogen-bond acceptors (Lipinski definition) is 3. The Balaban J connectivity index is 1.54. The number of amides is 3. The molecule has 8 heteroatoms. The highest BCUT2D eigenvalue weighted by atomic mass is 35.5. The van der Waals surface area contributed by atoms with Crippen molar-refractivity contribution in [3.63, 3.8) is 0 Å². The smallest absolute Gasteiger partial charge is 0.321 e. The molecular formula is C20H21Cl2N3O3. The van der Waals surface area contributed by atoms with Crippen molar-refractivity contribution >= 4 is 46.5 Å². The van der Waals surface area contributed by atoms with Crippen LogP contribution >= 0.6 is 23.2 Å². The lowest BCUT2D eigenvalue weighted by Crippen LogP contribution is -2.31. The number of anilines is 2. The molecule has 1 heterocycles. The lowest BCUT2D eigenvalue weighted by Gasteiger charge is -2.19. The summed E-state index contributed by atoms with van der Waals surface area (Å²) in [6, 6.07) is 11.9. The largest absolute Gasteiger partial charge is 0.368 e. The van der Waals surface area contributed by atoms with Crippen LogP contribution in [-0.2, 0) is 16.1 Å². The quantitative estimate of drug-likeness (QED) is 0.729. The van der Waals surface area contributed by atoms with Gasteiger partial charge in [0.05, 0.1) is 10.0 Å². The second kappa shape index (κ2) is 9.28. The number of halogens is 2. The molecule has 0 saturated carbocycles. The molecule has 0 radical (unpaired) electrons. The molecule has 0 bridgehead atoms. The first-order valence-corrected chi connectivity index (χ1v) is 9.67. The summed E-state index contributed by atoms with van der Waals surface area (Å²) in [6.07, 6.45) is 1.26. The molecule has 0 aliphatic carbocycles. The Bertz CT molecular complexity index is 852. The summed E-state index contributed by atoms with van der Waals surface area (Å²) in [6.45, 7) is 0.942. The maximum atomic E-state index is 12.4. The van der Waals surface area contributed by atoms with E-state index in [0.29, 0.717) is 34.6 Å². The average molecular weight is 422 g/mol. The number of benzene rings is 2. The molecule has 0 unspecified atom stereocenters. The topological polar surface area (TPSA) is 70.7 Å². The third-order valence-electron chi connectivity index (χ3n) is 4.41. The van der Waals surface area contributed by atoms with Crippen LogP contribution < -0.4 is 10.6 Å². The summed E-state index contributed by atoms with van der Waals surface area (Å²) in [4.78, 5) is 26.0. The van der Waals surface area contributed by atoms with Gasteiger partial charge in [-0.2, -0.15) is 0 Å². The minimum atomic E-state index is -0.383. The molecule has 1 saturated heterocycles. The molecule has 3 amide bonds. The van der Waals surface area contributed by atoms with E-state index in [4.69, 9.17) is 27.9 Å². The average Bonchev–Trinajstić information content (AvgIpc) is 3.22. The maximum absolute atomic E-state index is 12.4. The van der Waals surface area contributed by atoms with Crippen LogP contribution in [0.1, 0.15) is 18.4 Å². The molecule has 0 spiro atoms. The summed E-state index contributed by atoms with van der Waals surface area (Å²) < 4.78 is 5.36. The monoisotopic (exact) mass is 421 g/mol. The van der Waals surface area contributed by atoms with Crippen LogP contribution in [0.5, 0.6) is 0 Å². The Morgan fingerprint density at radius 2 is 1.79 bits per heavy atom. The lowest BCUT2D eigenvalue weighted by atomic mass is 10.2. The Morgan fingerprint density at radius 3 is 2.43 bits per heavy atom. The Labute approximate surface area is 173 Å². The highest BCUT2D eigenvalue weighted by Crippen LogP contribution is 2.26. The zero-order valence-corrected chi connectivity index (χ0v) is 16.9. The minimum absolute atomic E-state index is 0.146. The number of nitrogens with one attached hydrogen (secondary N) is 2. The van der Waals surface area contributed by atoms with E-state index in [-0.39, 0.29) is 18.0 Å². The van der Waals surface area contributed by atoms with Crippen LogP contribution in [0.3, 0.4) is 0 Å². The number of urea groups is 1. The van der Waals surface area contributed by atoms with Gasteiger partial charge in [0.2, 0.25) is 0 Å². The van der Waals surface area contributed by atoms with Crippen LogP contribution in [-0.4, -0.2) is 36.6 Å². The van der Waals surface area contributed by atoms with Gasteiger partial charge in [0.15, 0.2) is 0 Å². The fourth-order valence-electron chi connectivity index (χ4n) is 2.86. The van der Waals surface area contributed by atoms with Crippen molar-refractivity contribution in [3.05, 3.63) is 58.1 Å². The van der Waals surface area contributed by atoms with E-state index in [2.05, 4.69) is 10.6 Å². The standard InChI is InChI=1S/C20H21Cl2N3O3/c1-25(12-13-4-2-5-16(21)18(13)22)20(27)24-15-9-7-14(8-10-15)23-19(26)17-6-3-11-28-17/h2,4-5,7-10,17H,3,6,11-12H2,1H3,(H,23,26)(H,24,27)/t17-/m0/s1. The minimum Gasteiger partial charge on any atom is -0.368 e. The van der Waals surface area contributed by atoms with Crippen LogP contribution in [0.4, 0.5) is 16.2 Å². The predicted molar refractivity (Wildman–Crippen MR) is 111 cm³/mol. The van der Waals surface area contributed by atoms with Crippen molar-refractivity contribution in [1.82, 2.24) is 4.90 Å². The zero-order valence-electron chi connectivity index (χ0n) is 15.4. The van der Waals surface area contributed by atoms with Crippen molar-refractivity contribution in [3.8, 4) is 0 Å². The fraction of sp³-hybridized carbons (Fsp3) is 0.300. The molecule has 28 heavy (non-hydrogen) atoms. The lowest BCUT2D eigenvalue weighted by molar-refractivity contribution is -0.124.